The first-order valence-corrected chi connectivity index (χ1v) is 8.27. The molecule has 1 heterocycles. The van der Waals surface area contributed by atoms with Crippen molar-refractivity contribution in [2.45, 2.75) is 52.7 Å². The molecule has 128 valence electrons. The zero-order chi connectivity index (χ0) is 15.9. The summed E-state index contributed by atoms with van der Waals surface area (Å²) in [6, 6.07) is 0. The van der Waals surface area contributed by atoms with E-state index < -0.39 is 0 Å². The Kier molecular flexibility index (Phi) is 10.2. The monoisotopic (exact) mass is 440 g/mol. The number of aliphatic imine (C=N–C) groups is 1. The van der Waals surface area contributed by atoms with Gasteiger partial charge < -0.3 is 15.4 Å². The molecule has 0 atom stereocenters. The molecule has 0 spiro atoms. The first-order valence-electron chi connectivity index (χ1n) is 7.39. The molecule has 7 heteroatoms. The third kappa shape index (κ3) is 7.73. The van der Waals surface area contributed by atoms with Crippen LogP contribution >= 0.6 is 35.3 Å². The van der Waals surface area contributed by atoms with Gasteiger partial charge in [-0.3, -0.25) is 0 Å². The normalized spacial score (nSPS) is 12.2. The van der Waals surface area contributed by atoms with E-state index in [0.29, 0.717) is 19.0 Å². The second kappa shape index (κ2) is 10.4. The van der Waals surface area contributed by atoms with Crippen LogP contribution in [0.4, 0.5) is 0 Å². The van der Waals surface area contributed by atoms with Crippen molar-refractivity contribution in [2.75, 3.05) is 20.2 Å². The maximum atomic E-state index is 5.40. The SMILES string of the molecule is CCNC(=NCc1csc(C(C)C)n1)NCC(C)(C)OC.I. The van der Waals surface area contributed by atoms with Crippen LogP contribution in [0.15, 0.2) is 10.4 Å². The Hall–Kier alpha value is -0.410. The number of nitrogens with zero attached hydrogens (tertiary/aromatic N) is 2. The van der Waals surface area contributed by atoms with Crippen molar-refractivity contribution in [3.8, 4) is 0 Å². The summed E-state index contributed by atoms with van der Waals surface area (Å²) in [6.07, 6.45) is 0. The molecule has 0 bridgehead atoms. The van der Waals surface area contributed by atoms with Gasteiger partial charge in [0.2, 0.25) is 0 Å². The van der Waals surface area contributed by atoms with Crippen molar-refractivity contribution in [1.29, 1.82) is 0 Å². The lowest BCUT2D eigenvalue weighted by molar-refractivity contribution is 0.0268. The second-order valence-corrected chi connectivity index (χ2v) is 6.73. The molecule has 0 aliphatic rings. The lowest BCUT2D eigenvalue weighted by Gasteiger charge is -2.24. The Bertz CT molecular complexity index is 460. The number of hydrogen-bond acceptors (Lipinski definition) is 4. The van der Waals surface area contributed by atoms with Crippen LogP contribution in [0.25, 0.3) is 0 Å². The van der Waals surface area contributed by atoms with Crippen LogP contribution in [0.3, 0.4) is 0 Å². The van der Waals surface area contributed by atoms with Crippen LogP contribution in [0.2, 0.25) is 0 Å². The molecule has 5 nitrogen and oxygen atoms in total. The van der Waals surface area contributed by atoms with E-state index in [4.69, 9.17) is 4.74 Å². The highest BCUT2D eigenvalue weighted by atomic mass is 127. The number of halogens is 1. The Balaban J connectivity index is 0.00000441. The number of thiazole rings is 1. The van der Waals surface area contributed by atoms with Gasteiger partial charge in [0.15, 0.2) is 5.96 Å². The Labute approximate surface area is 155 Å². The lowest BCUT2D eigenvalue weighted by Crippen LogP contribution is -2.45. The molecular formula is C15H29IN4OS. The third-order valence-electron chi connectivity index (χ3n) is 3.04. The molecule has 0 amide bonds. The number of rotatable bonds is 7. The Morgan fingerprint density at radius 1 is 1.41 bits per heavy atom. The van der Waals surface area contributed by atoms with Crippen molar-refractivity contribution in [1.82, 2.24) is 15.6 Å². The van der Waals surface area contributed by atoms with Gasteiger partial charge in [-0.05, 0) is 20.8 Å². The number of methoxy groups -OCH3 is 1. The summed E-state index contributed by atoms with van der Waals surface area (Å²) in [5.41, 5.74) is 0.800. The summed E-state index contributed by atoms with van der Waals surface area (Å²) in [7, 11) is 1.72. The summed E-state index contributed by atoms with van der Waals surface area (Å²) in [6.45, 7) is 12.6. The molecule has 1 aromatic rings. The molecule has 1 rings (SSSR count). The maximum absolute atomic E-state index is 5.40. The highest BCUT2D eigenvalue weighted by molar-refractivity contribution is 14.0. The van der Waals surface area contributed by atoms with E-state index in [1.165, 1.54) is 5.01 Å². The topological polar surface area (TPSA) is 58.5 Å². The largest absolute Gasteiger partial charge is 0.377 e. The predicted molar refractivity (Wildman–Crippen MR) is 106 cm³/mol. The molecule has 0 saturated carbocycles. The van der Waals surface area contributed by atoms with Crippen molar-refractivity contribution in [2.24, 2.45) is 4.99 Å². The number of nitrogens with one attached hydrogen (secondary N) is 2. The van der Waals surface area contributed by atoms with Crippen LogP contribution in [-0.2, 0) is 11.3 Å². The molecule has 2 N–H and O–H groups in total. The first-order chi connectivity index (χ1) is 9.88. The van der Waals surface area contributed by atoms with Crippen LogP contribution in [0.5, 0.6) is 0 Å². The van der Waals surface area contributed by atoms with Crippen LogP contribution in [-0.4, -0.2) is 36.7 Å². The smallest absolute Gasteiger partial charge is 0.191 e. The molecule has 0 aliphatic carbocycles. The molecule has 1 aromatic heterocycles. The highest BCUT2D eigenvalue weighted by Crippen LogP contribution is 2.19. The number of guanidine groups is 1. The summed E-state index contributed by atoms with van der Waals surface area (Å²) in [5.74, 6) is 1.27. The lowest BCUT2D eigenvalue weighted by atomic mass is 10.1. The van der Waals surface area contributed by atoms with Crippen molar-refractivity contribution in [3.63, 3.8) is 0 Å². The Morgan fingerprint density at radius 2 is 2.09 bits per heavy atom. The van der Waals surface area contributed by atoms with E-state index in [2.05, 4.69) is 46.8 Å². The van der Waals surface area contributed by atoms with Gasteiger partial charge in [0, 0.05) is 31.5 Å². The fourth-order valence-corrected chi connectivity index (χ4v) is 2.36. The van der Waals surface area contributed by atoms with Gasteiger partial charge in [-0.25, -0.2) is 9.98 Å². The van der Waals surface area contributed by atoms with E-state index in [9.17, 15) is 0 Å². The van der Waals surface area contributed by atoms with Gasteiger partial charge in [0.1, 0.15) is 0 Å². The zero-order valence-electron chi connectivity index (χ0n) is 14.4. The average molecular weight is 440 g/mol. The zero-order valence-corrected chi connectivity index (χ0v) is 17.5. The molecule has 0 aromatic carbocycles. The predicted octanol–water partition coefficient (Wildman–Crippen LogP) is 3.36. The van der Waals surface area contributed by atoms with E-state index in [-0.39, 0.29) is 29.6 Å². The molecule has 22 heavy (non-hydrogen) atoms. The summed E-state index contributed by atoms with van der Waals surface area (Å²) >= 11 is 1.70. The summed E-state index contributed by atoms with van der Waals surface area (Å²) in [5, 5.41) is 9.79. The summed E-state index contributed by atoms with van der Waals surface area (Å²) in [4.78, 5) is 9.17. The highest BCUT2D eigenvalue weighted by Gasteiger charge is 2.16. The van der Waals surface area contributed by atoms with Crippen LogP contribution in [0.1, 0.15) is 51.2 Å². The average Bonchev–Trinajstić information content (AvgIpc) is 2.91. The molecule has 0 radical (unpaired) electrons. The van der Waals surface area contributed by atoms with E-state index in [1.54, 1.807) is 18.4 Å². The van der Waals surface area contributed by atoms with Gasteiger partial charge >= 0.3 is 0 Å². The van der Waals surface area contributed by atoms with Gasteiger partial charge in [-0.2, -0.15) is 0 Å². The minimum absolute atomic E-state index is 0. The van der Waals surface area contributed by atoms with Crippen molar-refractivity contribution in [3.05, 3.63) is 16.1 Å². The standard InChI is InChI=1S/C15H28N4OS.HI/c1-7-16-14(18-10-15(4,5)20-6)17-8-12-9-21-13(19-12)11(2)3;/h9,11H,7-8,10H2,1-6H3,(H2,16,17,18);1H. The number of ether oxygens (including phenoxy) is 1. The van der Waals surface area contributed by atoms with Crippen molar-refractivity contribution < 1.29 is 4.74 Å². The minimum atomic E-state index is -0.221. The third-order valence-corrected chi connectivity index (χ3v) is 4.24. The van der Waals surface area contributed by atoms with Gasteiger partial charge in [-0.15, -0.1) is 35.3 Å². The number of aromatic nitrogens is 1. The van der Waals surface area contributed by atoms with Crippen LogP contribution < -0.4 is 10.6 Å². The molecular weight excluding hydrogens is 411 g/mol. The maximum Gasteiger partial charge on any atom is 0.191 e. The minimum Gasteiger partial charge on any atom is -0.377 e. The number of hydrogen-bond donors (Lipinski definition) is 2. The molecule has 0 saturated heterocycles. The molecule has 0 unspecified atom stereocenters. The van der Waals surface area contributed by atoms with Gasteiger partial charge in [-0.1, -0.05) is 13.8 Å². The first kappa shape index (κ1) is 21.6. The molecule has 0 aliphatic heterocycles. The van der Waals surface area contributed by atoms with Gasteiger partial charge in [0.05, 0.1) is 22.8 Å². The summed E-state index contributed by atoms with van der Waals surface area (Å²) < 4.78 is 5.40. The van der Waals surface area contributed by atoms with E-state index >= 15 is 0 Å². The van der Waals surface area contributed by atoms with E-state index in [1.807, 2.05) is 13.8 Å². The molecule has 0 fully saturated rings. The quantitative estimate of drug-likeness (QED) is 0.388. The van der Waals surface area contributed by atoms with Crippen LogP contribution in [0, 0.1) is 0 Å². The van der Waals surface area contributed by atoms with Crippen molar-refractivity contribution >= 4 is 41.3 Å². The van der Waals surface area contributed by atoms with Gasteiger partial charge in [0.25, 0.3) is 0 Å². The fraction of sp³-hybridized carbons (Fsp3) is 0.733. The second-order valence-electron chi connectivity index (χ2n) is 5.84. The Morgan fingerprint density at radius 3 is 2.59 bits per heavy atom. The fourth-order valence-electron chi connectivity index (χ4n) is 1.53. The van der Waals surface area contributed by atoms with E-state index in [0.717, 1.165) is 18.2 Å².